The molecule has 1 unspecified atom stereocenters. The van der Waals surface area contributed by atoms with Crippen molar-refractivity contribution < 1.29 is 9.90 Å². The lowest BCUT2D eigenvalue weighted by molar-refractivity contribution is -0.135. The van der Waals surface area contributed by atoms with Crippen molar-refractivity contribution in [1.29, 1.82) is 0 Å². The molecule has 0 saturated heterocycles. The summed E-state index contributed by atoms with van der Waals surface area (Å²) in [4.78, 5) is 12.5. The van der Waals surface area contributed by atoms with Gasteiger partial charge in [0, 0.05) is 0 Å². The molecule has 0 aromatic carbocycles. The number of rotatable bonds is 7. The van der Waals surface area contributed by atoms with Crippen molar-refractivity contribution in [3.8, 4) is 0 Å². The maximum Gasteiger partial charge on any atom is 0.321 e. The highest BCUT2D eigenvalue weighted by molar-refractivity contribution is 8.79. The molecule has 4 heteroatoms. The van der Waals surface area contributed by atoms with Gasteiger partial charge in [-0.2, -0.15) is 0 Å². The Hall–Kier alpha value is -0.0900. The zero-order valence-electron chi connectivity index (χ0n) is 9.99. The van der Waals surface area contributed by atoms with Gasteiger partial charge in [0.2, 0.25) is 0 Å². The van der Waals surface area contributed by atoms with Crippen LogP contribution in [0.1, 0.15) is 52.4 Å². The average Bonchev–Trinajstić information content (AvgIpc) is 2.66. The maximum absolute atomic E-state index is 11.1. The summed E-state index contributed by atoms with van der Waals surface area (Å²) < 4.78 is 0. The Kier molecular flexibility index (Phi) is 6.36. The molecule has 0 saturated carbocycles. The molecule has 0 fully saturated rings. The predicted octanol–water partition coefficient (Wildman–Crippen LogP) is 4.47. The van der Waals surface area contributed by atoms with Crippen LogP contribution >= 0.6 is 21.6 Å². The molecule has 0 radical (unpaired) electrons. The van der Waals surface area contributed by atoms with Gasteiger partial charge in [0.25, 0.3) is 0 Å². The molecule has 1 rings (SSSR count). The standard InChI is InChI=1S/C12H20O2S2/c1-3-5-7-9-10(8-6-4-2)15-16-11(9)12(13)14/h11H,3-8H2,1-2H3,(H,13,14). The number of unbranched alkanes of at least 4 members (excludes halogenated alkanes) is 2. The normalized spacial score (nSPS) is 20.5. The Labute approximate surface area is 106 Å². The summed E-state index contributed by atoms with van der Waals surface area (Å²) in [5.74, 6) is -0.671. The molecule has 0 aromatic rings. The minimum atomic E-state index is -0.671. The van der Waals surface area contributed by atoms with E-state index in [1.807, 2.05) is 0 Å². The van der Waals surface area contributed by atoms with Gasteiger partial charge in [0.1, 0.15) is 5.25 Å². The third kappa shape index (κ3) is 3.74. The van der Waals surface area contributed by atoms with E-state index >= 15 is 0 Å². The zero-order chi connectivity index (χ0) is 12.0. The van der Waals surface area contributed by atoms with Crippen LogP contribution < -0.4 is 0 Å². The van der Waals surface area contributed by atoms with E-state index in [0.717, 1.165) is 25.7 Å². The van der Waals surface area contributed by atoms with Crippen molar-refractivity contribution in [3.05, 3.63) is 10.5 Å². The average molecular weight is 260 g/mol. The molecule has 1 aliphatic heterocycles. The van der Waals surface area contributed by atoms with Gasteiger partial charge in [-0.15, -0.1) is 0 Å². The molecule has 92 valence electrons. The first-order valence-corrected chi connectivity index (χ1v) is 8.20. The van der Waals surface area contributed by atoms with E-state index in [0.29, 0.717) is 0 Å². The number of aliphatic carboxylic acids is 1. The van der Waals surface area contributed by atoms with Crippen LogP contribution in [0.25, 0.3) is 0 Å². The van der Waals surface area contributed by atoms with Gasteiger partial charge in [0.15, 0.2) is 0 Å². The van der Waals surface area contributed by atoms with Gasteiger partial charge < -0.3 is 5.11 Å². The molecule has 2 nitrogen and oxygen atoms in total. The lowest BCUT2D eigenvalue weighted by Gasteiger charge is -2.09. The SMILES string of the molecule is CCCCC1=C(CCCC)C(C(=O)O)SS1. The van der Waals surface area contributed by atoms with Gasteiger partial charge in [-0.3, -0.25) is 4.79 Å². The van der Waals surface area contributed by atoms with Gasteiger partial charge in [-0.25, -0.2) is 0 Å². The topological polar surface area (TPSA) is 37.3 Å². The lowest BCUT2D eigenvalue weighted by atomic mass is 10.0. The minimum Gasteiger partial charge on any atom is -0.480 e. The van der Waals surface area contributed by atoms with E-state index < -0.39 is 5.97 Å². The fraction of sp³-hybridized carbons (Fsp3) is 0.750. The second-order valence-electron chi connectivity index (χ2n) is 4.05. The molecular weight excluding hydrogens is 240 g/mol. The molecule has 1 atom stereocenters. The second kappa shape index (κ2) is 7.28. The highest BCUT2D eigenvalue weighted by atomic mass is 33.1. The number of allylic oxidation sites excluding steroid dienone is 1. The van der Waals surface area contributed by atoms with Crippen LogP contribution in [0, 0.1) is 0 Å². The zero-order valence-corrected chi connectivity index (χ0v) is 11.6. The number of carboxylic acids is 1. The summed E-state index contributed by atoms with van der Waals surface area (Å²) in [5.41, 5.74) is 1.19. The van der Waals surface area contributed by atoms with E-state index in [4.69, 9.17) is 5.11 Å². The van der Waals surface area contributed by atoms with E-state index in [1.54, 1.807) is 10.8 Å². The summed E-state index contributed by atoms with van der Waals surface area (Å²) in [6.45, 7) is 4.32. The third-order valence-corrected chi connectivity index (χ3v) is 5.61. The van der Waals surface area contributed by atoms with Crippen LogP contribution in [0.15, 0.2) is 10.5 Å². The van der Waals surface area contributed by atoms with Gasteiger partial charge in [0.05, 0.1) is 0 Å². The van der Waals surface area contributed by atoms with Crippen LogP contribution in [0.5, 0.6) is 0 Å². The highest BCUT2D eigenvalue weighted by Gasteiger charge is 2.31. The number of hydrogen-bond acceptors (Lipinski definition) is 3. The van der Waals surface area contributed by atoms with Crippen molar-refractivity contribution in [2.45, 2.75) is 57.6 Å². The van der Waals surface area contributed by atoms with Crippen molar-refractivity contribution in [3.63, 3.8) is 0 Å². The smallest absolute Gasteiger partial charge is 0.321 e. The van der Waals surface area contributed by atoms with Crippen LogP contribution in [0.3, 0.4) is 0 Å². The largest absolute Gasteiger partial charge is 0.480 e. The molecule has 0 spiro atoms. The second-order valence-corrected chi connectivity index (χ2v) is 6.45. The van der Waals surface area contributed by atoms with Crippen LogP contribution in [0.4, 0.5) is 0 Å². The van der Waals surface area contributed by atoms with Gasteiger partial charge in [-0.1, -0.05) is 48.3 Å². The Morgan fingerprint density at radius 1 is 1.25 bits per heavy atom. The fourth-order valence-corrected chi connectivity index (χ4v) is 4.84. The van der Waals surface area contributed by atoms with Crippen molar-refractivity contribution in [1.82, 2.24) is 0 Å². The van der Waals surface area contributed by atoms with Crippen molar-refractivity contribution in [2.75, 3.05) is 0 Å². The Bertz CT molecular complexity index is 274. The summed E-state index contributed by atoms with van der Waals surface area (Å²) in [6, 6.07) is 0. The van der Waals surface area contributed by atoms with E-state index in [2.05, 4.69) is 13.8 Å². The molecule has 0 aromatic heterocycles. The van der Waals surface area contributed by atoms with Crippen LogP contribution in [-0.2, 0) is 4.79 Å². The summed E-state index contributed by atoms with van der Waals surface area (Å²) in [7, 11) is 3.20. The molecule has 1 aliphatic rings. The van der Waals surface area contributed by atoms with Gasteiger partial charge >= 0.3 is 5.97 Å². The minimum absolute atomic E-state index is 0.289. The van der Waals surface area contributed by atoms with Crippen LogP contribution in [0.2, 0.25) is 0 Å². The molecule has 16 heavy (non-hydrogen) atoms. The van der Waals surface area contributed by atoms with Crippen molar-refractivity contribution in [2.24, 2.45) is 0 Å². The quantitative estimate of drug-likeness (QED) is 0.685. The van der Waals surface area contributed by atoms with Crippen molar-refractivity contribution >= 4 is 27.6 Å². The Balaban J connectivity index is 2.69. The third-order valence-electron chi connectivity index (χ3n) is 2.70. The van der Waals surface area contributed by atoms with Crippen LogP contribution in [-0.4, -0.2) is 16.3 Å². The first-order valence-electron chi connectivity index (χ1n) is 5.98. The lowest BCUT2D eigenvalue weighted by Crippen LogP contribution is -2.16. The molecule has 0 amide bonds. The number of carboxylic acid groups (broad SMARTS) is 1. The van der Waals surface area contributed by atoms with E-state index in [1.165, 1.54) is 34.1 Å². The number of carbonyl (C=O) groups is 1. The molecule has 0 bridgehead atoms. The van der Waals surface area contributed by atoms with Gasteiger partial charge in [-0.05, 0) is 36.2 Å². The summed E-state index contributed by atoms with van der Waals surface area (Å²) >= 11 is 0. The summed E-state index contributed by atoms with van der Waals surface area (Å²) in [6.07, 6.45) is 6.62. The predicted molar refractivity (Wildman–Crippen MR) is 72.7 cm³/mol. The van der Waals surface area contributed by atoms with E-state index in [-0.39, 0.29) is 5.25 Å². The Morgan fingerprint density at radius 2 is 1.88 bits per heavy atom. The molecule has 1 N–H and O–H groups in total. The molecule has 0 aliphatic carbocycles. The summed E-state index contributed by atoms with van der Waals surface area (Å²) in [5, 5.41) is 8.87. The van der Waals surface area contributed by atoms with E-state index in [9.17, 15) is 4.79 Å². The Morgan fingerprint density at radius 3 is 2.44 bits per heavy atom. The monoisotopic (exact) mass is 260 g/mol. The highest BCUT2D eigenvalue weighted by Crippen LogP contribution is 2.50. The molecular formula is C12H20O2S2. The first kappa shape index (κ1) is 14.0. The number of hydrogen-bond donors (Lipinski definition) is 1. The fourth-order valence-electron chi connectivity index (χ4n) is 1.73. The maximum atomic E-state index is 11.1. The molecule has 1 heterocycles. The first-order chi connectivity index (χ1) is 7.70.